The van der Waals surface area contributed by atoms with Crippen molar-refractivity contribution in [1.29, 1.82) is 0 Å². The van der Waals surface area contributed by atoms with Crippen molar-refractivity contribution in [2.75, 3.05) is 0 Å². The Morgan fingerprint density at radius 3 is 1.95 bits per heavy atom. The van der Waals surface area contributed by atoms with Crippen LogP contribution in [-0.2, 0) is 0 Å². The SMILES string of the molecule is CCC(C)c1ccc(-c2ccc(C(C)CC)cc2OO)cc1. The molecule has 2 aromatic carbocycles. The lowest BCUT2D eigenvalue weighted by molar-refractivity contribution is -0.137. The Labute approximate surface area is 133 Å². The first kappa shape index (κ1) is 16.6. The first-order valence-corrected chi connectivity index (χ1v) is 8.16. The molecule has 2 nitrogen and oxygen atoms in total. The second-order valence-electron chi connectivity index (χ2n) is 6.09. The van der Waals surface area contributed by atoms with Gasteiger partial charge in [0.15, 0.2) is 5.75 Å². The first-order valence-electron chi connectivity index (χ1n) is 8.16. The van der Waals surface area contributed by atoms with Crippen LogP contribution in [0.3, 0.4) is 0 Å². The maximum absolute atomic E-state index is 9.24. The van der Waals surface area contributed by atoms with Crippen molar-refractivity contribution in [3.05, 3.63) is 53.6 Å². The van der Waals surface area contributed by atoms with Gasteiger partial charge in [0, 0.05) is 5.56 Å². The van der Waals surface area contributed by atoms with Gasteiger partial charge in [0.05, 0.1) is 0 Å². The van der Waals surface area contributed by atoms with Gasteiger partial charge < -0.3 is 4.89 Å². The minimum absolute atomic E-state index is 0.454. The predicted octanol–water partition coefficient (Wildman–Crippen LogP) is 6.23. The van der Waals surface area contributed by atoms with Gasteiger partial charge in [0.1, 0.15) is 0 Å². The van der Waals surface area contributed by atoms with E-state index in [2.05, 4.69) is 62.9 Å². The van der Waals surface area contributed by atoms with Crippen LogP contribution in [0.2, 0.25) is 0 Å². The molecule has 2 unspecified atom stereocenters. The minimum Gasteiger partial charge on any atom is -0.340 e. The summed E-state index contributed by atoms with van der Waals surface area (Å²) in [6, 6.07) is 14.6. The molecule has 0 spiro atoms. The quantitative estimate of drug-likeness (QED) is 0.506. The average molecular weight is 298 g/mol. The molecule has 1 N–H and O–H groups in total. The molecule has 0 aliphatic heterocycles. The maximum atomic E-state index is 9.24. The molecule has 0 saturated heterocycles. The van der Waals surface area contributed by atoms with E-state index in [1.165, 1.54) is 11.1 Å². The fourth-order valence-electron chi connectivity index (χ4n) is 2.62. The Morgan fingerprint density at radius 1 is 0.864 bits per heavy atom. The molecule has 0 aromatic heterocycles. The molecule has 2 atom stereocenters. The smallest absolute Gasteiger partial charge is 0.173 e. The number of hydrogen-bond acceptors (Lipinski definition) is 2. The lowest BCUT2D eigenvalue weighted by Gasteiger charge is -2.14. The molecular weight excluding hydrogens is 272 g/mol. The van der Waals surface area contributed by atoms with Crippen molar-refractivity contribution in [3.8, 4) is 16.9 Å². The summed E-state index contributed by atoms with van der Waals surface area (Å²) >= 11 is 0. The van der Waals surface area contributed by atoms with Crippen LogP contribution in [0.5, 0.6) is 5.75 Å². The standard InChI is InChI=1S/C20H26O2/c1-5-14(3)16-7-9-17(10-8-16)19-12-11-18(15(4)6-2)13-20(19)22-21/h7-15,21H,5-6H2,1-4H3. The van der Waals surface area contributed by atoms with Crippen molar-refractivity contribution in [1.82, 2.24) is 0 Å². The molecule has 0 amide bonds. The van der Waals surface area contributed by atoms with E-state index in [-0.39, 0.29) is 0 Å². The lowest BCUT2D eigenvalue weighted by Crippen LogP contribution is -1.96. The number of rotatable bonds is 6. The lowest BCUT2D eigenvalue weighted by atomic mass is 9.93. The van der Waals surface area contributed by atoms with Gasteiger partial charge in [-0.05, 0) is 47.4 Å². The summed E-state index contributed by atoms with van der Waals surface area (Å²) in [5.74, 6) is 1.54. The van der Waals surface area contributed by atoms with Gasteiger partial charge >= 0.3 is 0 Å². The second-order valence-corrected chi connectivity index (χ2v) is 6.09. The van der Waals surface area contributed by atoms with Crippen molar-refractivity contribution in [2.45, 2.75) is 52.4 Å². The Kier molecular flexibility index (Phi) is 5.62. The van der Waals surface area contributed by atoms with E-state index >= 15 is 0 Å². The van der Waals surface area contributed by atoms with Crippen LogP contribution in [0.4, 0.5) is 0 Å². The monoisotopic (exact) mass is 298 g/mol. The van der Waals surface area contributed by atoms with Crippen molar-refractivity contribution in [2.24, 2.45) is 0 Å². The molecule has 2 rings (SSSR count). The van der Waals surface area contributed by atoms with Crippen LogP contribution in [0.1, 0.15) is 63.5 Å². The van der Waals surface area contributed by atoms with Gasteiger partial charge in [-0.25, -0.2) is 5.26 Å². The molecule has 0 heterocycles. The summed E-state index contributed by atoms with van der Waals surface area (Å²) in [6.07, 6.45) is 2.20. The van der Waals surface area contributed by atoms with E-state index in [9.17, 15) is 5.26 Å². The Hall–Kier alpha value is -1.80. The Balaban J connectivity index is 2.35. The molecule has 0 aliphatic carbocycles. The molecule has 0 bridgehead atoms. The molecule has 0 radical (unpaired) electrons. The second kappa shape index (κ2) is 7.46. The van der Waals surface area contributed by atoms with E-state index in [4.69, 9.17) is 0 Å². The highest BCUT2D eigenvalue weighted by Crippen LogP contribution is 2.34. The van der Waals surface area contributed by atoms with Crippen LogP contribution < -0.4 is 4.89 Å². The molecular formula is C20H26O2. The number of benzene rings is 2. The third-order valence-corrected chi connectivity index (χ3v) is 4.69. The summed E-state index contributed by atoms with van der Waals surface area (Å²) in [5, 5.41) is 9.24. The van der Waals surface area contributed by atoms with Crippen LogP contribution in [0.15, 0.2) is 42.5 Å². The molecule has 22 heavy (non-hydrogen) atoms. The molecule has 2 heteroatoms. The largest absolute Gasteiger partial charge is 0.340 e. The van der Waals surface area contributed by atoms with Crippen LogP contribution in [-0.4, -0.2) is 5.26 Å². The van der Waals surface area contributed by atoms with Gasteiger partial charge in [-0.2, -0.15) is 0 Å². The van der Waals surface area contributed by atoms with E-state index in [0.29, 0.717) is 17.6 Å². The van der Waals surface area contributed by atoms with Crippen molar-refractivity contribution < 1.29 is 10.1 Å². The zero-order valence-electron chi connectivity index (χ0n) is 14.0. The Morgan fingerprint density at radius 2 is 1.41 bits per heavy atom. The third kappa shape index (κ3) is 3.50. The molecule has 118 valence electrons. The topological polar surface area (TPSA) is 29.5 Å². The number of hydrogen-bond donors (Lipinski definition) is 1. The molecule has 0 aliphatic rings. The van der Waals surface area contributed by atoms with E-state index in [0.717, 1.165) is 24.0 Å². The van der Waals surface area contributed by atoms with Crippen LogP contribution in [0.25, 0.3) is 11.1 Å². The average Bonchev–Trinajstić information content (AvgIpc) is 2.59. The maximum Gasteiger partial charge on any atom is 0.173 e. The van der Waals surface area contributed by atoms with E-state index in [1.54, 1.807) is 0 Å². The summed E-state index contributed by atoms with van der Waals surface area (Å²) < 4.78 is 0. The molecule has 0 saturated carbocycles. The highest BCUT2D eigenvalue weighted by Gasteiger charge is 2.12. The van der Waals surface area contributed by atoms with Gasteiger partial charge in [-0.3, -0.25) is 0 Å². The fourth-order valence-corrected chi connectivity index (χ4v) is 2.62. The summed E-state index contributed by atoms with van der Waals surface area (Å²) in [5.41, 5.74) is 4.51. The molecule has 2 aromatic rings. The summed E-state index contributed by atoms with van der Waals surface area (Å²) in [7, 11) is 0. The third-order valence-electron chi connectivity index (χ3n) is 4.69. The van der Waals surface area contributed by atoms with Gasteiger partial charge in [0.2, 0.25) is 0 Å². The van der Waals surface area contributed by atoms with Crippen LogP contribution >= 0.6 is 0 Å². The van der Waals surface area contributed by atoms with Crippen LogP contribution in [0, 0.1) is 0 Å². The zero-order valence-corrected chi connectivity index (χ0v) is 14.0. The summed E-state index contributed by atoms with van der Waals surface area (Å²) in [6.45, 7) is 8.77. The highest BCUT2D eigenvalue weighted by atomic mass is 17.1. The van der Waals surface area contributed by atoms with Gasteiger partial charge in [-0.15, -0.1) is 0 Å². The van der Waals surface area contributed by atoms with E-state index < -0.39 is 0 Å². The normalized spacial score (nSPS) is 13.7. The van der Waals surface area contributed by atoms with Gasteiger partial charge in [0.25, 0.3) is 0 Å². The van der Waals surface area contributed by atoms with E-state index in [1.807, 2.05) is 12.1 Å². The Bertz CT molecular complexity index is 602. The zero-order chi connectivity index (χ0) is 16.1. The molecule has 0 fully saturated rings. The summed E-state index contributed by atoms with van der Waals surface area (Å²) in [4.78, 5) is 4.63. The van der Waals surface area contributed by atoms with Gasteiger partial charge in [-0.1, -0.05) is 64.1 Å². The predicted molar refractivity (Wildman–Crippen MR) is 92.5 cm³/mol. The highest BCUT2D eigenvalue weighted by molar-refractivity contribution is 5.71. The minimum atomic E-state index is 0.454. The van der Waals surface area contributed by atoms with Crippen molar-refractivity contribution in [3.63, 3.8) is 0 Å². The van der Waals surface area contributed by atoms with Crippen molar-refractivity contribution >= 4 is 0 Å². The fraction of sp³-hybridized carbons (Fsp3) is 0.400. The first-order chi connectivity index (χ1) is 10.6.